The molecule has 0 atom stereocenters. The van der Waals surface area contributed by atoms with Crippen molar-refractivity contribution in [3.63, 3.8) is 0 Å². The average molecular weight is 292 g/mol. The molecule has 7 heteroatoms. The number of hydrogen-bond donors (Lipinski definition) is 2. The van der Waals surface area contributed by atoms with E-state index in [1.54, 1.807) is 24.3 Å². The number of rotatable bonds is 3. The molecule has 1 aromatic carbocycles. The minimum absolute atomic E-state index is 0.0321. The Labute approximate surface area is 119 Å². The molecule has 0 aliphatic carbocycles. The monoisotopic (exact) mass is 292 g/mol. The van der Waals surface area contributed by atoms with E-state index in [0.29, 0.717) is 5.56 Å². The lowest BCUT2D eigenvalue weighted by Crippen LogP contribution is -2.09. The number of nitriles is 1. The number of nitrogens with zero attached hydrogens (tertiary/aromatic N) is 2. The van der Waals surface area contributed by atoms with Crippen LogP contribution in [0, 0.1) is 11.3 Å². The van der Waals surface area contributed by atoms with E-state index in [1.165, 1.54) is 0 Å². The van der Waals surface area contributed by atoms with Crippen LogP contribution < -0.4 is 11.1 Å². The van der Waals surface area contributed by atoms with E-state index in [1.807, 2.05) is 6.07 Å². The third kappa shape index (κ3) is 3.86. The highest BCUT2D eigenvalue weighted by Crippen LogP contribution is 2.31. The fourth-order valence-corrected chi connectivity index (χ4v) is 1.75. The minimum Gasteiger partial charge on any atom is -0.384 e. The second-order valence-electron chi connectivity index (χ2n) is 4.33. The maximum absolute atomic E-state index is 12.7. The van der Waals surface area contributed by atoms with Crippen molar-refractivity contribution in [2.45, 2.75) is 12.7 Å². The van der Waals surface area contributed by atoms with Crippen LogP contribution in [0.5, 0.6) is 0 Å². The van der Waals surface area contributed by atoms with Gasteiger partial charge in [0.15, 0.2) is 0 Å². The molecule has 0 amide bonds. The zero-order chi connectivity index (χ0) is 15.5. The number of alkyl halides is 3. The molecular formula is C14H11F3N4. The van der Waals surface area contributed by atoms with Crippen molar-refractivity contribution in [2.75, 3.05) is 11.1 Å². The molecule has 0 unspecified atom stereocenters. The van der Waals surface area contributed by atoms with Crippen LogP contribution in [0.25, 0.3) is 0 Å². The van der Waals surface area contributed by atoms with Crippen molar-refractivity contribution in [3.8, 4) is 6.07 Å². The number of nitrogens with one attached hydrogen (secondary N) is 1. The Bertz CT molecular complexity index is 689. The summed E-state index contributed by atoms with van der Waals surface area (Å²) in [6, 6.07) is 10.4. The summed E-state index contributed by atoms with van der Waals surface area (Å²) in [6.45, 7) is 0.239. The summed E-state index contributed by atoms with van der Waals surface area (Å²) in [4.78, 5) is 3.81. The Hall–Kier alpha value is -2.75. The van der Waals surface area contributed by atoms with Gasteiger partial charge in [0.2, 0.25) is 0 Å². The molecule has 0 spiro atoms. The van der Waals surface area contributed by atoms with Crippen LogP contribution >= 0.6 is 0 Å². The smallest absolute Gasteiger partial charge is 0.384 e. The fourth-order valence-electron chi connectivity index (χ4n) is 1.75. The van der Waals surface area contributed by atoms with Gasteiger partial charge in [0.1, 0.15) is 11.6 Å². The number of hydrogen-bond acceptors (Lipinski definition) is 4. The van der Waals surface area contributed by atoms with Crippen molar-refractivity contribution in [1.29, 1.82) is 5.26 Å². The standard InChI is InChI=1S/C14H11F3N4/c15-14(16,17)11-5-12(19)21-13(6-11)20-8-10-3-1-2-9(4-10)7-18/h1-6H,8H2,(H3,19,20,21). The highest BCUT2D eigenvalue weighted by atomic mass is 19.4. The number of halogens is 3. The highest BCUT2D eigenvalue weighted by Gasteiger charge is 2.31. The molecule has 0 bridgehead atoms. The Morgan fingerprint density at radius 1 is 1.24 bits per heavy atom. The topological polar surface area (TPSA) is 74.7 Å². The summed E-state index contributed by atoms with van der Waals surface area (Å²) < 4.78 is 38.0. The lowest BCUT2D eigenvalue weighted by Gasteiger charge is -2.11. The summed E-state index contributed by atoms with van der Waals surface area (Å²) in [5, 5.41) is 11.6. The van der Waals surface area contributed by atoms with Crippen LogP contribution in [0.2, 0.25) is 0 Å². The highest BCUT2D eigenvalue weighted by molar-refractivity contribution is 5.48. The Morgan fingerprint density at radius 2 is 2.00 bits per heavy atom. The van der Waals surface area contributed by atoms with Gasteiger partial charge in [-0.2, -0.15) is 18.4 Å². The fraction of sp³-hybridized carbons (Fsp3) is 0.143. The molecule has 2 aromatic rings. The number of pyridine rings is 1. The van der Waals surface area contributed by atoms with Crippen LogP contribution in [0.3, 0.4) is 0 Å². The minimum atomic E-state index is -4.48. The number of benzene rings is 1. The zero-order valence-corrected chi connectivity index (χ0v) is 10.8. The van der Waals surface area contributed by atoms with Crippen molar-refractivity contribution >= 4 is 11.6 Å². The molecule has 21 heavy (non-hydrogen) atoms. The molecule has 3 N–H and O–H groups in total. The average Bonchev–Trinajstić information content (AvgIpc) is 2.44. The van der Waals surface area contributed by atoms with Crippen molar-refractivity contribution in [2.24, 2.45) is 0 Å². The molecule has 0 saturated heterocycles. The van der Waals surface area contributed by atoms with Gasteiger partial charge in [-0.25, -0.2) is 4.98 Å². The van der Waals surface area contributed by atoms with E-state index in [2.05, 4.69) is 10.3 Å². The molecule has 0 fully saturated rings. The molecular weight excluding hydrogens is 281 g/mol. The Morgan fingerprint density at radius 3 is 2.67 bits per heavy atom. The van der Waals surface area contributed by atoms with E-state index < -0.39 is 11.7 Å². The van der Waals surface area contributed by atoms with E-state index in [9.17, 15) is 13.2 Å². The predicted molar refractivity (Wildman–Crippen MR) is 72.1 cm³/mol. The Kier molecular flexibility index (Phi) is 3.98. The van der Waals surface area contributed by atoms with Gasteiger partial charge in [0, 0.05) is 6.54 Å². The molecule has 0 aliphatic rings. The van der Waals surface area contributed by atoms with Crippen LogP contribution in [0.15, 0.2) is 36.4 Å². The van der Waals surface area contributed by atoms with Gasteiger partial charge in [0.05, 0.1) is 17.2 Å². The van der Waals surface area contributed by atoms with Gasteiger partial charge in [-0.3, -0.25) is 0 Å². The molecule has 2 rings (SSSR count). The quantitative estimate of drug-likeness (QED) is 0.911. The van der Waals surface area contributed by atoms with Crippen molar-refractivity contribution in [3.05, 3.63) is 53.1 Å². The normalized spacial score (nSPS) is 11.0. The first-order valence-electron chi connectivity index (χ1n) is 5.96. The third-order valence-electron chi connectivity index (χ3n) is 2.70. The van der Waals surface area contributed by atoms with E-state index in [4.69, 9.17) is 11.0 Å². The maximum atomic E-state index is 12.7. The van der Waals surface area contributed by atoms with Crippen LogP contribution in [0.1, 0.15) is 16.7 Å². The van der Waals surface area contributed by atoms with Gasteiger partial charge in [0.25, 0.3) is 0 Å². The second-order valence-corrected chi connectivity index (χ2v) is 4.33. The first kappa shape index (κ1) is 14.7. The second kappa shape index (κ2) is 5.71. The first-order valence-corrected chi connectivity index (χ1v) is 5.96. The summed E-state index contributed by atoms with van der Waals surface area (Å²) in [7, 11) is 0. The third-order valence-corrected chi connectivity index (χ3v) is 2.70. The molecule has 1 heterocycles. The molecule has 1 aromatic heterocycles. The molecule has 0 radical (unpaired) electrons. The lowest BCUT2D eigenvalue weighted by molar-refractivity contribution is -0.137. The molecule has 0 saturated carbocycles. The maximum Gasteiger partial charge on any atom is 0.416 e. The van der Waals surface area contributed by atoms with Crippen LogP contribution in [-0.4, -0.2) is 4.98 Å². The summed E-state index contributed by atoms with van der Waals surface area (Å²) in [5.74, 6) is -0.178. The van der Waals surface area contributed by atoms with Crippen molar-refractivity contribution in [1.82, 2.24) is 4.98 Å². The largest absolute Gasteiger partial charge is 0.416 e. The molecule has 0 aliphatic heterocycles. The lowest BCUT2D eigenvalue weighted by atomic mass is 10.1. The zero-order valence-electron chi connectivity index (χ0n) is 10.8. The molecule has 4 nitrogen and oxygen atoms in total. The molecule has 108 valence electrons. The first-order chi connectivity index (χ1) is 9.88. The number of aromatic nitrogens is 1. The number of anilines is 2. The van der Waals surface area contributed by atoms with E-state index in [-0.39, 0.29) is 18.2 Å². The van der Waals surface area contributed by atoms with E-state index in [0.717, 1.165) is 17.7 Å². The van der Waals surface area contributed by atoms with Gasteiger partial charge in [-0.1, -0.05) is 12.1 Å². The predicted octanol–water partition coefficient (Wildman–Crippen LogP) is 3.17. The SMILES string of the molecule is N#Cc1cccc(CNc2cc(C(F)(F)F)cc(N)n2)c1. The summed E-state index contributed by atoms with van der Waals surface area (Å²) in [5.41, 5.74) is 5.75. The summed E-state index contributed by atoms with van der Waals surface area (Å²) in [6.07, 6.45) is -4.48. The summed E-state index contributed by atoms with van der Waals surface area (Å²) >= 11 is 0. The van der Waals surface area contributed by atoms with Crippen LogP contribution in [0.4, 0.5) is 24.8 Å². The van der Waals surface area contributed by atoms with Gasteiger partial charge >= 0.3 is 6.18 Å². The number of nitrogens with two attached hydrogens (primary N) is 1. The van der Waals surface area contributed by atoms with E-state index >= 15 is 0 Å². The van der Waals surface area contributed by atoms with Gasteiger partial charge in [-0.05, 0) is 29.8 Å². The van der Waals surface area contributed by atoms with Gasteiger partial charge < -0.3 is 11.1 Å². The number of nitrogen functional groups attached to an aromatic ring is 1. The van der Waals surface area contributed by atoms with Crippen LogP contribution in [-0.2, 0) is 12.7 Å². The van der Waals surface area contributed by atoms with Gasteiger partial charge in [-0.15, -0.1) is 0 Å². The van der Waals surface area contributed by atoms with Crippen molar-refractivity contribution < 1.29 is 13.2 Å². The Balaban J connectivity index is 2.16.